The van der Waals surface area contributed by atoms with Crippen molar-refractivity contribution in [3.63, 3.8) is 0 Å². The van der Waals surface area contributed by atoms with Gasteiger partial charge in [-0.25, -0.2) is 22.8 Å². The van der Waals surface area contributed by atoms with E-state index in [0.29, 0.717) is 28.6 Å². The molecule has 6 nitrogen and oxygen atoms in total. The van der Waals surface area contributed by atoms with Gasteiger partial charge in [0.05, 0.1) is 22.8 Å². The molecule has 0 radical (unpaired) electrons. The van der Waals surface area contributed by atoms with Crippen LogP contribution >= 0.6 is 0 Å². The van der Waals surface area contributed by atoms with Crippen LogP contribution in [-0.4, -0.2) is 31.5 Å². The number of hydrogen-bond acceptors (Lipinski definition) is 5. The van der Waals surface area contributed by atoms with Gasteiger partial charge in [0.1, 0.15) is 5.82 Å². The van der Waals surface area contributed by atoms with E-state index in [2.05, 4.69) is 19.6 Å². The van der Waals surface area contributed by atoms with Gasteiger partial charge >= 0.3 is 0 Å². The number of sulfonamides is 1. The number of nitrogens with zero attached hydrogens (tertiary/aromatic N) is 3. The molecular weight excluding hydrogens is 343 g/mol. The first kappa shape index (κ1) is 17.6. The lowest BCUT2D eigenvalue weighted by Crippen LogP contribution is -2.23. The van der Waals surface area contributed by atoms with Gasteiger partial charge in [0.2, 0.25) is 16.0 Å². The summed E-state index contributed by atoms with van der Waals surface area (Å²) in [6.45, 7) is 5.36. The van der Waals surface area contributed by atoms with Crippen LogP contribution in [0.1, 0.15) is 29.8 Å². The second kappa shape index (κ2) is 6.95. The third-order valence-electron chi connectivity index (χ3n) is 4.15. The number of rotatable bonds is 5. The number of nitrogens with one attached hydrogen (secondary N) is 1. The predicted molar refractivity (Wildman–Crippen MR) is 95.6 cm³/mol. The molecule has 1 aliphatic rings. The minimum absolute atomic E-state index is 0.308. The summed E-state index contributed by atoms with van der Waals surface area (Å²) in [5.74, 6) is -0.128. The zero-order chi connectivity index (χ0) is 18.0. The minimum Gasteiger partial charge on any atom is -0.341 e. The molecule has 3 rings (SSSR count). The van der Waals surface area contributed by atoms with Crippen LogP contribution in [0.25, 0.3) is 0 Å². The smallest absolute Gasteiger partial charge is 0.237 e. The average molecular weight is 364 g/mol. The molecule has 1 fully saturated rings. The van der Waals surface area contributed by atoms with Crippen LogP contribution in [0.15, 0.2) is 24.3 Å². The standard InChI is InChI=1S/C17H21FN4O2S/c1-12-16(13(2)20-17(19-12)22-8-3-4-9-22)21-25(23,24)11-14-6-5-7-15(18)10-14/h5-7,10,21H,3-4,8-9,11H2,1-2H3. The predicted octanol–water partition coefficient (Wildman–Crippen LogP) is 2.77. The van der Waals surface area contributed by atoms with Crippen molar-refractivity contribution in [1.82, 2.24) is 9.97 Å². The van der Waals surface area contributed by atoms with Gasteiger partial charge in [-0.3, -0.25) is 4.72 Å². The second-order valence-corrected chi connectivity index (χ2v) is 7.98. The van der Waals surface area contributed by atoms with Gasteiger partial charge in [0.15, 0.2) is 0 Å². The first-order valence-electron chi connectivity index (χ1n) is 8.19. The fourth-order valence-corrected chi connectivity index (χ4v) is 4.24. The van der Waals surface area contributed by atoms with Gasteiger partial charge in [0, 0.05) is 13.1 Å². The van der Waals surface area contributed by atoms with Gasteiger partial charge < -0.3 is 4.90 Å². The summed E-state index contributed by atoms with van der Waals surface area (Å²) in [6, 6.07) is 5.56. The number of hydrogen-bond donors (Lipinski definition) is 1. The average Bonchev–Trinajstić information content (AvgIpc) is 3.04. The van der Waals surface area contributed by atoms with Gasteiger partial charge in [-0.05, 0) is 44.4 Å². The molecule has 1 aromatic carbocycles. The van der Waals surface area contributed by atoms with Gasteiger partial charge in [-0.2, -0.15) is 0 Å². The molecule has 0 saturated carbocycles. The normalized spacial score (nSPS) is 14.8. The van der Waals surface area contributed by atoms with E-state index in [1.807, 2.05) is 0 Å². The topological polar surface area (TPSA) is 75.2 Å². The zero-order valence-electron chi connectivity index (χ0n) is 14.3. The first-order valence-corrected chi connectivity index (χ1v) is 9.84. The molecule has 0 amide bonds. The molecule has 0 aliphatic carbocycles. The Bertz CT molecular complexity index is 857. The summed E-state index contributed by atoms with van der Waals surface area (Å²) in [5, 5.41) is 0. The van der Waals surface area contributed by atoms with Gasteiger partial charge in [-0.15, -0.1) is 0 Å². The summed E-state index contributed by atoms with van der Waals surface area (Å²) < 4.78 is 40.7. The van der Waals surface area contributed by atoms with Crippen LogP contribution in [0.4, 0.5) is 16.0 Å². The number of benzene rings is 1. The van der Waals surface area contributed by atoms with Gasteiger partial charge in [0.25, 0.3) is 0 Å². The number of aromatic nitrogens is 2. The maximum Gasteiger partial charge on any atom is 0.237 e. The van der Waals surface area contributed by atoms with E-state index in [1.165, 1.54) is 18.2 Å². The summed E-state index contributed by atoms with van der Waals surface area (Å²) >= 11 is 0. The maximum absolute atomic E-state index is 13.2. The van der Waals surface area contributed by atoms with E-state index in [1.54, 1.807) is 19.9 Å². The third kappa shape index (κ3) is 4.25. The lowest BCUT2D eigenvalue weighted by molar-refractivity contribution is 0.599. The highest BCUT2D eigenvalue weighted by atomic mass is 32.2. The van der Waals surface area contributed by atoms with E-state index < -0.39 is 15.8 Å². The van der Waals surface area contributed by atoms with Crippen molar-refractivity contribution in [2.75, 3.05) is 22.7 Å². The number of halogens is 1. The van der Waals surface area contributed by atoms with Crippen LogP contribution in [0.5, 0.6) is 0 Å². The molecule has 0 spiro atoms. The molecule has 25 heavy (non-hydrogen) atoms. The lowest BCUT2D eigenvalue weighted by atomic mass is 10.2. The Morgan fingerprint density at radius 3 is 2.40 bits per heavy atom. The molecule has 1 N–H and O–H groups in total. The van der Waals surface area contributed by atoms with Gasteiger partial charge in [-0.1, -0.05) is 12.1 Å². The highest BCUT2D eigenvalue weighted by Gasteiger charge is 2.20. The van der Waals surface area contributed by atoms with Crippen LogP contribution in [0.2, 0.25) is 0 Å². The summed E-state index contributed by atoms with van der Waals surface area (Å²) in [7, 11) is -3.69. The van der Waals surface area contributed by atoms with E-state index >= 15 is 0 Å². The van der Waals surface area contributed by atoms with Crippen molar-refractivity contribution in [3.8, 4) is 0 Å². The van der Waals surface area contributed by atoms with E-state index in [0.717, 1.165) is 25.9 Å². The molecule has 2 heterocycles. The Hall–Kier alpha value is -2.22. The number of aryl methyl sites for hydroxylation is 2. The monoisotopic (exact) mass is 364 g/mol. The van der Waals surface area contributed by atoms with E-state index in [4.69, 9.17) is 0 Å². The lowest BCUT2D eigenvalue weighted by Gasteiger charge is -2.19. The Morgan fingerprint density at radius 2 is 1.80 bits per heavy atom. The van der Waals surface area contributed by atoms with E-state index in [-0.39, 0.29) is 5.75 Å². The highest BCUT2D eigenvalue weighted by Crippen LogP contribution is 2.24. The fraction of sp³-hybridized carbons (Fsp3) is 0.412. The SMILES string of the molecule is Cc1nc(N2CCCC2)nc(C)c1NS(=O)(=O)Cc1cccc(F)c1. The molecule has 0 unspecified atom stereocenters. The summed E-state index contributed by atoms with van der Waals surface area (Å²) in [5.41, 5.74) is 1.94. The quantitative estimate of drug-likeness (QED) is 0.883. The van der Waals surface area contributed by atoms with Crippen molar-refractivity contribution >= 4 is 21.7 Å². The molecule has 8 heteroatoms. The second-order valence-electron chi connectivity index (χ2n) is 6.25. The van der Waals surface area contributed by atoms with Crippen molar-refractivity contribution in [2.45, 2.75) is 32.4 Å². The Morgan fingerprint density at radius 1 is 1.16 bits per heavy atom. The first-order chi connectivity index (χ1) is 11.8. The Labute approximate surface area is 147 Å². The highest BCUT2D eigenvalue weighted by molar-refractivity contribution is 7.91. The van der Waals surface area contributed by atoms with Crippen LogP contribution in [-0.2, 0) is 15.8 Å². The molecule has 1 aromatic heterocycles. The van der Waals surface area contributed by atoms with E-state index in [9.17, 15) is 12.8 Å². The van der Waals surface area contributed by atoms with Crippen molar-refractivity contribution in [2.24, 2.45) is 0 Å². The minimum atomic E-state index is -3.69. The van der Waals surface area contributed by atoms with Crippen LogP contribution in [0.3, 0.4) is 0 Å². The van der Waals surface area contributed by atoms with Crippen molar-refractivity contribution in [1.29, 1.82) is 0 Å². The molecule has 1 saturated heterocycles. The van der Waals surface area contributed by atoms with Crippen LogP contribution < -0.4 is 9.62 Å². The van der Waals surface area contributed by atoms with Crippen molar-refractivity contribution < 1.29 is 12.8 Å². The fourth-order valence-electron chi connectivity index (χ4n) is 2.94. The molecule has 0 bridgehead atoms. The molecule has 0 atom stereocenters. The number of anilines is 2. The zero-order valence-corrected chi connectivity index (χ0v) is 15.1. The maximum atomic E-state index is 13.2. The Balaban J connectivity index is 1.81. The summed E-state index contributed by atoms with van der Waals surface area (Å²) in [4.78, 5) is 11.0. The van der Waals surface area contributed by atoms with Crippen LogP contribution in [0, 0.1) is 19.7 Å². The molecule has 1 aliphatic heterocycles. The summed E-state index contributed by atoms with van der Waals surface area (Å²) in [6.07, 6.45) is 2.23. The molecule has 2 aromatic rings. The third-order valence-corrected chi connectivity index (χ3v) is 5.38. The van der Waals surface area contributed by atoms with Crippen molar-refractivity contribution in [3.05, 3.63) is 47.0 Å². The largest absolute Gasteiger partial charge is 0.341 e. The molecular formula is C17H21FN4O2S. The Kier molecular flexibility index (Phi) is 4.89. The molecule has 134 valence electrons.